The molecule has 2 unspecified atom stereocenters. The summed E-state index contributed by atoms with van der Waals surface area (Å²) in [6, 6.07) is 7.72. The standard InChI is InChI=1S/C23H26N2O5/c1-2-3-18(26)6-4-16-5-7-20-17(12-16)8-9-25-21(20)13-22(24-23(25)27)30-15-19-14-28-10-11-29-19/h5,7,12-13,18-19,26H,2-3,8-11,14-15H2,1H3. The van der Waals surface area contributed by atoms with Gasteiger partial charge in [0.1, 0.15) is 18.8 Å². The number of aliphatic hydroxyl groups excluding tert-OH is 1. The third-order valence-electron chi connectivity index (χ3n) is 5.22. The van der Waals surface area contributed by atoms with Crippen LogP contribution in [0.15, 0.2) is 29.1 Å². The van der Waals surface area contributed by atoms with Crippen LogP contribution in [0.25, 0.3) is 11.3 Å². The molecule has 2 atom stereocenters. The molecule has 2 aromatic rings. The molecular formula is C23H26N2O5. The van der Waals surface area contributed by atoms with Crippen molar-refractivity contribution in [2.24, 2.45) is 0 Å². The monoisotopic (exact) mass is 410 g/mol. The highest BCUT2D eigenvalue weighted by atomic mass is 16.6. The van der Waals surface area contributed by atoms with E-state index in [1.54, 1.807) is 10.6 Å². The van der Waals surface area contributed by atoms with Gasteiger partial charge in [0.05, 0.1) is 25.5 Å². The molecular weight excluding hydrogens is 384 g/mol. The maximum Gasteiger partial charge on any atom is 0.351 e. The number of rotatable bonds is 5. The molecule has 0 bridgehead atoms. The molecule has 0 radical (unpaired) electrons. The van der Waals surface area contributed by atoms with Crippen LogP contribution >= 0.6 is 0 Å². The molecule has 7 nitrogen and oxygen atoms in total. The molecule has 1 aromatic carbocycles. The zero-order valence-electron chi connectivity index (χ0n) is 17.1. The van der Waals surface area contributed by atoms with E-state index in [1.807, 2.05) is 25.1 Å². The van der Waals surface area contributed by atoms with E-state index >= 15 is 0 Å². The average Bonchev–Trinajstić information content (AvgIpc) is 2.77. The first-order valence-corrected chi connectivity index (χ1v) is 10.4. The molecule has 0 spiro atoms. The molecule has 0 aliphatic carbocycles. The van der Waals surface area contributed by atoms with Gasteiger partial charge in [-0.3, -0.25) is 4.57 Å². The van der Waals surface area contributed by atoms with Gasteiger partial charge >= 0.3 is 5.69 Å². The van der Waals surface area contributed by atoms with Crippen molar-refractivity contribution in [1.82, 2.24) is 9.55 Å². The van der Waals surface area contributed by atoms with Gasteiger partial charge in [0.25, 0.3) is 0 Å². The molecule has 0 saturated carbocycles. The fourth-order valence-corrected chi connectivity index (χ4v) is 3.68. The van der Waals surface area contributed by atoms with Crippen LogP contribution < -0.4 is 10.4 Å². The first-order chi connectivity index (χ1) is 14.6. The molecule has 7 heteroatoms. The highest BCUT2D eigenvalue weighted by Gasteiger charge is 2.20. The molecule has 1 fully saturated rings. The molecule has 1 saturated heterocycles. The van der Waals surface area contributed by atoms with Crippen molar-refractivity contribution in [3.8, 4) is 29.0 Å². The zero-order chi connectivity index (χ0) is 20.9. The van der Waals surface area contributed by atoms with Crippen LogP contribution in [0.5, 0.6) is 5.88 Å². The molecule has 1 aromatic heterocycles. The van der Waals surface area contributed by atoms with Gasteiger partial charge in [-0.25, -0.2) is 4.79 Å². The first-order valence-electron chi connectivity index (χ1n) is 10.4. The Morgan fingerprint density at radius 3 is 3.07 bits per heavy atom. The van der Waals surface area contributed by atoms with Crippen molar-refractivity contribution in [2.45, 2.75) is 44.9 Å². The minimum absolute atomic E-state index is 0.157. The first kappa shape index (κ1) is 20.6. The van der Waals surface area contributed by atoms with Crippen LogP contribution in [-0.2, 0) is 22.4 Å². The summed E-state index contributed by atoms with van der Waals surface area (Å²) >= 11 is 0. The Hall–Kier alpha value is -2.66. The molecule has 2 aliphatic rings. The lowest BCUT2D eigenvalue weighted by Gasteiger charge is -2.24. The lowest BCUT2D eigenvalue weighted by Crippen LogP contribution is -2.34. The average molecular weight is 410 g/mol. The smallest absolute Gasteiger partial charge is 0.351 e. The number of aliphatic hydroxyl groups is 1. The van der Waals surface area contributed by atoms with E-state index in [-0.39, 0.29) is 18.4 Å². The molecule has 0 amide bonds. The summed E-state index contributed by atoms with van der Waals surface area (Å²) in [6.07, 6.45) is 1.53. The Morgan fingerprint density at radius 2 is 2.27 bits per heavy atom. The Labute approximate surface area is 175 Å². The van der Waals surface area contributed by atoms with Crippen molar-refractivity contribution in [3.63, 3.8) is 0 Å². The van der Waals surface area contributed by atoms with Crippen molar-refractivity contribution >= 4 is 0 Å². The largest absolute Gasteiger partial charge is 0.475 e. The van der Waals surface area contributed by atoms with Crippen molar-refractivity contribution in [3.05, 3.63) is 45.9 Å². The van der Waals surface area contributed by atoms with Gasteiger partial charge in [0.2, 0.25) is 5.88 Å². The van der Waals surface area contributed by atoms with Crippen LogP contribution in [0.1, 0.15) is 30.9 Å². The van der Waals surface area contributed by atoms with Gasteiger partial charge in [0, 0.05) is 23.7 Å². The van der Waals surface area contributed by atoms with Crippen LogP contribution in [0.2, 0.25) is 0 Å². The van der Waals surface area contributed by atoms with Crippen LogP contribution in [0.4, 0.5) is 0 Å². The zero-order valence-corrected chi connectivity index (χ0v) is 17.1. The number of nitrogens with zero attached hydrogens (tertiary/aromatic N) is 2. The predicted octanol–water partition coefficient (Wildman–Crippen LogP) is 1.77. The maximum atomic E-state index is 12.5. The minimum atomic E-state index is -0.602. The summed E-state index contributed by atoms with van der Waals surface area (Å²) in [7, 11) is 0. The van der Waals surface area contributed by atoms with Gasteiger partial charge in [-0.15, -0.1) is 0 Å². The Bertz CT molecular complexity index is 1010. The lowest BCUT2D eigenvalue weighted by molar-refractivity contribution is -0.102. The van der Waals surface area contributed by atoms with Crippen molar-refractivity contribution in [2.75, 3.05) is 26.4 Å². The number of ether oxygens (including phenoxy) is 3. The van der Waals surface area contributed by atoms with E-state index in [4.69, 9.17) is 14.2 Å². The van der Waals surface area contributed by atoms with Gasteiger partial charge in [-0.1, -0.05) is 31.3 Å². The van der Waals surface area contributed by atoms with Crippen molar-refractivity contribution in [1.29, 1.82) is 0 Å². The normalized spacial score (nSPS) is 18.5. The van der Waals surface area contributed by atoms with E-state index in [0.29, 0.717) is 38.7 Å². The fraction of sp³-hybridized carbons (Fsp3) is 0.478. The third kappa shape index (κ3) is 4.73. The summed E-state index contributed by atoms with van der Waals surface area (Å²) in [4.78, 5) is 16.6. The van der Waals surface area contributed by atoms with Crippen molar-refractivity contribution < 1.29 is 19.3 Å². The number of aryl methyl sites for hydroxylation is 1. The highest BCUT2D eigenvalue weighted by molar-refractivity contribution is 5.67. The Morgan fingerprint density at radius 1 is 1.37 bits per heavy atom. The highest BCUT2D eigenvalue weighted by Crippen LogP contribution is 2.30. The minimum Gasteiger partial charge on any atom is -0.475 e. The second-order valence-corrected chi connectivity index (χ2v) is 7.49. The summed E-state index contributed by atoms with van der Waals surface area (Å²) in [5.41, 5.74) is 3.42. The molecule has 2 aliphatic heterocycles. The summed E-state index contributed by atoms with van der Waals surface area (Å²) in [5.74, 6) is 6.23. The number of hydrogen-bond acceptors (Lipinski definition) is 6. The summed E-state index contributed by atoms with van der Waals surface area (Å²) in [6.45, 7) is 4.48. The van der Waals surface area contributed by atoms with E-state index < -0.39 is 6.10 Å². The molecule has 3 heterocycles. The van der Waals surface area contributed by atoms with E-state index in [1.165, 1.54) is 0 Å². The maximum absolute atomic E-state index is 12.5. The molecule has 30 heavy (non-hydrogen) atoms. The van der Waals surface area contributed by atoms with Crippen LogP contribution in [0.3, 0.4) is 0 Å². The number of aromatic nitrogens is 2. The van der Waals surface area contributed by atoms with Gasteiger partial charge in [0.15, 0.2) is 0 Å². The van der Waals surface area contributed by atoms with E-state index in [9.17, 15) is 9.90 Å². The molecule has 158 valence electrons. The van der Waals surface area contributed by atoms with Crippen LogP contribution in [0, 0.1) is 11.8 Å². The quantitative estimate of drug-likeness (QED) is 0.757. The SMILES string of the molecule is CCCC(O)C#Cc1ccc2c(c1)CCn1c-2cc(OCC2COCCO2)nc1=O. The summed E-state index contributed by atoms with van der Waals surface area (Å²) < 4.78 is 18.4. The van der Waals surface area contributed by atoms with E-state index in [2.05, 4.69) is 16.8 Å². The van der Waals surface area contributed by atoms with Gasteiger partial charge in [-0.2, -0.15) is 4.98 Å². The van der Waals surface area contributed by atoms with E-state index in [0.717, 1.165) is 35.2 Å². The molecule has 1 N–H and O–H groups in total. The lowest BCUT2D eigenvalue weighted by atomic mass is 9.95. The Balaban J connectivity index is 1.56. The van der Waals surface area contributed by atoms with Crippen LogP contribution in [-0.4, -0.2) is 53.3 Å². The summed E-state index contributed by atoms with van der Waals surface area (Å²) in [5, 5.41) is 9.84. The molecule has 4 rings (SSSR count). The van der Waals surface area contributed by atoms with Gasteiger partial charge in [-0.05, 0) is 30.5 Å². The number of benzene rings is 1. The third-order valence-corrected chi connectivity index (χ3v) is 5.22. The predicted molar refractivity (Wildman–Crippen MR) is 111 cm³/mol. The fourth-order valence-electron chi connectivity index (χ4n) is 3.68. The topological polar surface area (TPSA) is 82.8 Å². The number of hydrogen-bond donors (Lipinski definition) is 1. The second kappa shape index (κ2) is 9.43. The second-order valence-electron chi connectivity index (χ2n) is 7.49. The number of fused-ring (bicyclic) bond motifs is 3. The van der Waals surface area contributed by atoms with Gasteiger partial charge < -0.3 is 19.3 Å². The Kier molecular flexibility index (Phi) is 6.48.